The van der Waals surface area contributed by atoms with Gasteiger partial charge in [0.25, 0.3) is 0 Å². The molecule has 2 bridgehead atoms. The van der Waals surface area contributed by atoms with Gasteiger partial charge in [0.15, 0.2) is 0 Å². The average molecular weight is 157 g/mol. The number of aliphatic carboxylic acids is 1. The van der Waals surface area contributed by atoms with Gasteiger partial charge in [-0.1, -0.05) is 0 Å². The van der Waals surface area contributed by atoms with Crippen LogP contribution in [0.25, 0.3) is 0 Å². The van der Waals surface area contributed by atoms with E-state index in [2.05, 4.69) is 5.32 Å². The van der Waals surface area contributed by atoms with E-state index in [0.717, 1.165) is 6.42 Å². The minimum absolute atomic E-state index is 0.0195. The van der Waals surface area contributed by atoms with Gasteiger partial charge in [-0.3, -0.25) is 10.1 Å². The van der Waals surface area contributed by atoms with Crippen LogP contribution in [0.15, 0.2) is 0 Å². The number of rotatable bonds is 1. The molecule has 62 valence electrons. The molecule has 2 saturated heterocycles. The second kappa shape index (κ2) is 1.95. The van der Waals surface area contributed by atoms with E-state index in [1.54, 1.807) is 0 Å². The number of carboxylic acid groups (broad SMARTS) is 1. The number of aliphatic hydroxyl groups is 1. The van der Waals surface area contributed by atoms with Gasteiger partial charge in [-0.2, -0.15) is 0 Å². The van der Waals surface area contributed by atoms with Gasteiger partial charge in [0, 0.05) is 12.5 Å². The van der Waals surface area contributed by atoms with Crippen LogP contribution in [0, 0.1) is 0 Å². The van der Waals surface area contributed by atoms with Crippen LogP contribution in [0.1, 0.15) is 19.3 Å². The van der Waals surface area contributed by atoms with Crippen LogP contribution in [-0.4, -0.2) is 33.9 Å². The molecule has 11 heavy (non-hydrogen) atoms. The van der Waals surface area contributed by atoms with Crippen molar-refractivity contribution in [3.8, 4) is 0 Å². The summed E-state index contributed by atoms with van der Waals surface area (Å²) < 4.78 is 0. The zero-order valence-corrected chi connectivity index (χ0v) is 6.08. The Morgan fingerprint density at radius 1 is 1.64 bits per heavy atom. The van der Waals surface area contributed by atoms with Crippen LogP contribution >= 0.6 is 0 Å². The van der Waals surface area contributed by atoms with Crippen molar-refractivity contribution in [3.63, 3.8) is 0 Å². The highest BCUT2D eigenvalue weighted by atomic mass is 16.4. The van der Waals surface area contributed by atoms with Gasteiger partial charge in [-0.25, -0.2) is 0 Å². The second-order valence-electron chi connectivity index (χ2n) is 3.45. The van der Waals surface area contributed by atoms with E-state index in [9.17, 15) is 9.90 Å². The lowest BCUT2D eigenvalue weighted by Crippen LogP contribution is -2.44. The summed E-state index contributed by atoms with van der Waals surface area (Å²) in [6.45, 7) is 0. The van der Waals surface area contributed by atoms with Crippen molar-refractivity contribution < 1.29 is 15.0 Å². The fourth-order valence-corrected chi connectivity index (χ4v) is 2.11. The molecule has 2 aliphatic rings. The minimum atomic E-state index is -0.823. The van der Waals surface area contributed by atoms with E-state index in [1.807, 2.05) is 0 Å². The monoisotopic (exact) mass is 157 g/mol. The molecular weight excluding hydrogens is 146 g/mol. The topological polar surface area (TPSA) is 69.6 Å². The highest BCUT2D eigenvalue weighted by Gasteiger charge is 2.54. The third-order valence-electron chi connectivity index (χ3n) is 2.78. The van der Waals surface area contributed by atoms with Crippen molar-refractivity contribution in [2.24, 2.45) is 0 Å². The molecule has 0 saturated carbocycles. The zero-order valence-electron chi connectivity index (χ0n) is 6.08. The maximum Gasteiger partial charge on any atom is 0.324 e. The summed E-state index contributed by atoms with van der Waals surface area (Å²) in [7, 11) is 0. The fraction of sp³-hybridized carbons (Fsp3) is 0.857. The molecule has 0 aromatic heterocycles. The molecule has 0 radical (unpaired) electrons. The fourth-order valence-electron chi connectivity index (χ4n) is 2.11. The Hall–Kier alpha value is -0.610. The SMILES string of the molecule is O=C(O)[C@@]12CCC(N1)C(O)C2. The van der Waals surface area contributed by atoms with Crippen molar-refractivity contribution in [2.45, 2.75) is 36.9 Å². The molecule has 0 spiro atoms. The first-order valence-electron chi connectivity index (χ1n) is 3.83. The molecule has 2 fully saturated rings. The van der Waals surface area contributed by atoms with Crippen molar-refractivity contribution in [3.05, 3.63) is 0 Å². The molecule has 0 aromatic carbocycles. The van der Waals surface area contributed by atoms with E-state index >= 15 is 0 Å². The molecule has 0 aliphatic carbocycles. The normalized spacial score (nSPS) is 48.1. The van der Waals surface area contributed by atoms with Crippen molar-refractivity contribution in [1.29, 1.82) is 0 Å². The van der Waals surface area contributed by atoms with Crippen molar-refractivity contribution in [1.82, 2.24) is 5.32 Å². The lowest BCUT2D eigenvalue weighted by Gasteiger charge is -2.21. The number of carbonyl (C=O) groups is 1. The first kappa shape index (κ1) is 7.06. The van der Waals surface area contributed by atoms with Gasteiger partial charge in [0.05, 0.1) is 6.10 Å². The molecule has 2 aliphatic heterocycles. The molecule has 3 atom stereocenters. The van der Waals surface area contributed by atoms with E-state index in [0.29, 0.717) is 12.8 Å². The minimum Gasteiger partial charge on any atom is -0.480 e. The molecular formula is C7H11NO3. The van der Waals surface area contributed by atoms with E-state index < -0.39 is 17.6 Å². The maximum absolute atomic E-state index is 10.8. The Kier molecular flexibility index (Phi) is 1.25. The van der Waals surface area contributed by atoms with E-state index in [-0.39, 0.29) is 6.04 Å². The molecule has 0 aromatic rings. The van der Waals surface area contributed by atoms with E-state index in [1.165, 1.54) is 0 Å². The van der Waals surface area contributed by atoms with Crippen LogP contribution in [0.4, 0.5) is 0 Å². The third kappa shape index (κ3) is 0.795. The number of hydrogen-bond donors (Lipinski definition) is 3. The largest absolute Gasteiger partial charge is 0.480 e. The van der Waals surface area contributed by atoms with Crippen molar-refractivity contribution in [2.75, 3.05) is 0 Å². The number of nitrogens with one attached hydrogen (secondary N) is 1. The van der Waals surface area contributed by atoms with Gasteiger partial charge in [-0.05, 0) is 12.8 Å². The van der Waals surface area contributed by atoms with Crippen LogP contribution in [-0.2, 0) is 4.79 Å². The summed E-state index contributed by atoms with van der Waals surface area (Å²) in [5.41, 5.74) is -0.802. The van der Waals surface area contributed by atoms with Crippen LogP contribution in [0.3, 0.4) is 0 Å². The summed E-state index contributed by atoms with van der Waals surface area (Å²) >= 11 is 0. The number of fused-ring (bicyclic) bond motifs is 2. The quantitative estimate of drug-likeness (QED) is 0.472. The molecule has 2 unspecified atom stereocenters. The van der Waals surface area contributed by atoms with Gasteiger partial charge in [0.2, 0.25) is 0 Å². The van der Waals surface area contributed by atoms with Crippen LogP contribution in [0.5, 0.6) is 0 Å². The maximum atomic E-state index is 10.8. The van der Waals surface area contributed by atoms with Gasteiger partial charge < -0.3 is 10.2 Å². The predicted molar refractivity (Wildman–Crippen MR) is 37.1 cm³/mol. The zero-order chi connectivity index (χ0) is 8.06. The molecule has 0 amide bonds. The second-order valence-corrected chi connectivity index (χ2v) is 3.45. The summed E-state index contributed by atoms with van der Waals surface area (Å²) in [5.74, 6) is -0.823. The summed E-state index contributed by atoms with van der Waals surface area (Å²) in [6, 6.07) is 0.0195. The van der Waals surface area contributed by atoms with Gasteiger partial charge in [0.1, 0.15) is 5.54 Å². The highest BCUT2D eigenvalue weighted by molar-refractivity contribution is 5.80. The molecule has 2 heterocycles. The predicted octanol–water partition coefficient (Wildman–Crippen LogP) is -0.674. The molecule has 4 heteroatoms. The Labute approximate surface area is 64.2 Å². The van der Waals surface area contributed by atoms with Gasteiger partial charge >= 0.3 is 5.97 Å². The highest BCUT2D eigenvalue weighted by Crippen LogP contribution is 2.37. The lowest BCUT2D eigenvalue weighted by molar-refractivity contribution is -0.144. The first-order valence-corrected chi connectivity index (χ1v) is 3.83. The van der Waals surface area contributed by atoms with E-state index in [4.69, 9.17) is 5.11 Å². The van der Waals surface area contributed by atoms with Gasteiger partial charge in [-0.15, -0.1) is 0 Å². The average Bonchev–Trinajstić information content (AvgIpc) is 2.44. The van der Waals surface area contributed by atoms with Crippen molar-refractivity contribution >= 4 is 5.97 Å². The smallest absolute Gasteiger partial charge is 0.324 e. The summed E-state index contributed by atoms with van der Waals surface area (Å²) in [6.07, 6.45) is 1.35. The number of carboxylic acids is 1. The number of aliphatic hydroxyl groups excluding tert-OH is 1. The Morgan fingerprint density at radius 2 is 2.36 bits per heavy atom. The van der Waals surface area contributed by atoms with Crippen LogP contribution in [0.2, 0.25) is 0 Å². The Bertz CT molecular complexity index is 202. The molecule has 3 N–H and O–H groups in total. The van der Waals surface area contributed by atoms with Crippen LogP contribution < -0.4 is 5.32 Å². The number of hydrogen-bond acceptors (Lipinski definition) is 3. The molecule has 4 nitrogen and oxygen atoms in total. The lowest BCUT2D eigenvalue weighted by atomic mass is 9.86. The Morgan fingerprint density at radius 3 is 2.64 bits per heavy atom. The summed E-state index contributed by atoms with van der Waals surface area (Å²) in [4.78, 5) is 10.8. The molecule has 2 rings (SSSR count). The first-order chi connectivity index (χ1) is 5.14. The standard InChI is InChI=1S/C7H11NO3/c9-5-3-7(6(10)11)2-1-4(5)8-7/h4-5,8-9H,1-3H2,(H,10,11)/t4?,5?,7-/m0/s1. The Balaban J connectivity index is 2.23. The third-order valence-corrected chi connectivity index (χ3v) is 2.78. The summed E-state index contributed by atoms with van der Waals surface area (Å²) in [5, 5.41) is 21.1.